The van der Waals surface area contributed by atoms with Crippen molar-refractivity contribution in [1.29, 1.82) is 0 Å². The summed E-state index contributed by atoms with van der Waals surface area (Å²) in [7, 11) is 1.75. The van der Waals surface area contributed by atoms with Gasteiger partial charge in [0.05, 0.1) is 6.26 Å². The second-order valence-corrected chi connectivity index (χ2v) is 5.73. The number of thioether (sulfide) groups is 1. The van der Waals surface area contributed by atoms with Gasteiger partial charge in [0.1, 0.15) is 11.6 Å². The molecule has 0 aliphatic carbocycles. The lowest BCUT2D eigenvalue weighted by Crippen LogP contribution is -2.39. The van der Waals surface area contributed by atoms with Crippen LogP contribution in [0.4, 0.5) is 4.39 Å². The van der Waals surface area contributed by atoms with Gasteiger partial charge in [0.25, 0.3) is 0 Å². The topological polar surface area (TPSA) is 49.6 Å². The fourth-order valence-corrected chi connectivity index (χ4v) is 2.62. The van der Waals surface area contributed by atoms with Crippen LogP contribution in [-0.2, 0) is 6.42 Å². The van der Waals surface area contributed by atoms with E-state index in [4.69, 9.17) is 4.42 Å². The minimum Gasteiger partial charge on any atom is -0.469 e. The molecule has 4 nitrogen and oxygen atoms in total. The van der Waals surface area contributed by atoms with Crippen molar-refractivity contribution in [3.8, 4) is 0 Å². The third-order valence-corrected chi connectivity index (χ3v) is 3.96. The third-order valence-electron chi connectivity index (χ3n) is 2.94. The second-order valence-electron chi connectivity index (χ2n) is 4.56. The summed E-state index contributed by atoms with van der Waals surface area (Å²) in [5, 5.41) is 6.48. The van der Waals surface area contributed by atoms with E-state index in [1.165, 1.54) is 12.1 Å². The van der Waals surface area contributed by atoms with Crippen LogP contribution in [0.3, 0.4) is 0 Å². The molecule has 1 aromatic heterocycles. The number of hydrogen-bond acceptors (Lipinski definition) is 3. The van der Waals surface area contributed by atoms with Gasteiger partial charge < -0.3 is 15.1 Å². The highest BCUT2D eigenvalue weighted by Gasteiger charge is 2.00. The van der Waals surface area contributed by atoms with E-state index in [-0.39, 0.29) is 5.82 Å². The van der Waals surface area contributed by atoms with E-state index in [0.29, 0.717) is 0 Å². The summed E-state index contributed by atoms with van der Waals surface area (Å²) in [6, 6.07) is 10.4. The zero-order valence-electron chi connectivity index (χ0n) is 12.5. The molecular weight excluding hydrogens is 301 g/mol. The van der Waals surface area contributed by atoms with Crippen molar-refractivity contribution in [2.75, 3.05) is 25.9 Å². The minimum absolute atomic E-state index is 0.205. The van der Waals surface area contributed by atoms with Gasteiger partial charge in [-0.25, -0.2) is 4.39 Å². The van der Waals surface area contributed by atoms with Crippen LogP contribution >= 0.6 is 11.8 Å². The number of nitrogens with zero attached hydrogens (tertiary/aromatic N) is 1. The molecule has 0 radical (unpaired) electrons. The highest BCUT2D eigenvalue weighted by atomic mass is 32.2. The number of guanidine groups is 1. The van der Waals surface area contributed by atoms with E-state index in [2.05, 4.69) is 15.6 Å². The molecule has 0 aliphatic heterocycles. The molecule has 0 amide bonds. The number of rotatable bonds is 7. The third kappa shape index (κ3) is 5.81. The van der Waals surface area contributed by atoms with Crippen molar-refractivity contribution < 1.29 is 8.81 Å². The van der Waals surface area contributed by atoms with Gasteiger partial charge >= 0.3 is 0 Å². The Morgan fingerprint density at radius 2 is 1.95 bits per heavy atom. The number of hydrogen-bond donors (Lipinski definition) is 2. The maximum atomic E-state index is 12.8. The number of halogens is 1. The molecule has 0 saturated heterocycles. The highest BCUT2D eigenvalue weighted by Crippen LogP contribution is 2.17. The summed E-state index contributed by atoms with van der Waals surface area (Å²) < 4.78 is 18.1. The van der Waals surface area contributed by atoms with E-state index in [1.54, 1.807) is 37.2 Å². The first-order valence-corrected chi connectivity index (χ1v) is 8.12. The van der Waals surface area contributed by atoms with E-state index in [1.807, 2.05) is 12.1 Å². The highest BCUT2D eigenvalue weighted by molar-refractivity contribution is 7.99. The first-order chi connectivity index (χ1) is 10.8. The fraction of sp³-hybridized carbons (Fsp3) is 0.312. The first kappa shape index (κ1) is 16.4. The minimum atomic E-state index is -0.205. The summed E-state index contributed by atoms with van der Waals surface area (Å²) >= 11 is 1.68. The van der Waals surface area contributed by atoms with Crippen LogP contribution in [0.5, 0.6) is 0 Å². The fourth-order valence-electron chi connectivity index (χ4n) is 1.85. The first-order valence-electron chi connectivity index (χ1n) is 7.13. The zero-order chi connectivity index (χ0) is 15.6. The normalized spacial score (nSPS) is 11.5. The zero-order valence-corrected chi connectivity index (χ0v) is 13.3. The van der Waals surface area contributed by atoms with Crippen LogP contribution in [0, 0.1) is 5.82 Å². The summed E-state index contributed by atoms with van der Waals surface area (Å²) in [6.45, 7) is 1.54. The van der Waals surface area contributed by atoms with Crippen LogP contribution in [-0.4, -0.2) is 31.8 Å². The molecule has 2 rings (SSSR count). The summed E-state index contributed by atoms with van der Waals surface area (Å²) in [5.41, 5.74) is 0. The smallest absolute Gasteiger partial charge is 0.191 e. The van der Waals surface area contributed by atoms with Gasteiger partial charge in [-0.3, -0.25) is 4.99 Å². The quantitative estimate of drug-likeness (QED) is 0.356. The monoisotopic (exact) mass is 321 g/mol. The van der Waals surface area contributed by atoms with Gasteiger partial charge in [-0.2, -0.15) is 0 Å². The number of nitrogens with one attached hydrogen (secondary N) is 2. The molecule has 0 atom stereocenters. The van der Waals surface area contributed by atoms with Gasteiger partial charge in [-0.15, -0.1) is 11.8 Å². The average molecular weight is 321 g/mol. The molecule has 1 heterocycles. The SMILES string of the molecule is CN=C(NCCSc1ccc(F)cc1)NCCc1ccco1. The molecule has 0 unspecified atom stereocenters. The van der Waals surface area contributed by atoms with Crippen molar-refractivity contribution >= 4 is 17.7 Å². The Hall–Kier alpha value is -1.95. The Labute approximate surface area is 134 Å². The summed E-state index contributed by atoms with van der Waals surface area (Å²) in [6.07, 6.45) is 2.49. The number of benzene rings is 1. The van der Waals surface area contributed by atoms with Gasteiger partial charge in [0, 0.05) is 37.2 Å². The summed E-state index contributed by atoms with van der Waals surface area (Å²) in [4.78, 5) is 5.23. The molecular formula is C16H20FN3OS. The van der Waals surface area contributed by atoms with E-state index >= 15 is 0 Å². The molecule has 0 saturated carbocycles. The molecule has 0 bridgehead atoms. The maximum absolute atomic E-state index is 12.8. The average Bonchev–Trinajstić information content (AvgIpc) is 3.04. The number of aliphatic imine (C=N–C) groups is 1. The molecule has 0 fully saturated rings. The van der Waals surface area contributed by atoms with Gasteiger partial charge in [-0.05, 0) is 36.4 Å². The van der Waals surface area contributed by atoms with E-state index in [0.717, 1.165) is 41.9 Å². The van der Waals surface area contributed by atoms with Crippen LogP contribution in [0.15, 0.2) is 57.0 Å². The van der Waals surface area contributed by atoms with Crippen LogP contribution < -0.4 is 10.6 Å². The van der Waals surface area contributed by atoms with Crippen LogP contribution in [0.1, 0.15) is 5.76 Å². The lowest BCUT2D eigenvalue weighted by molar-refractivity contribution is 0.507. The van der Waals surface area contributed by atoms with Gasteiger partial charge in [-0.1, -0.05) is 0 Å². The molecule has 0 spiro atoms. The Morgan fingerprint density at radius 3 is 2.64 bits per heavy atom. The van der Waals surface area contributed by atoms with Crippen molar-refractivity contribution in [2.45, 2.75) is 11.3 Å². The Bertz CT molecular complexity index is 570. The number of furan rings is 1. The Kier molecular flexibility index (Phi) is 6.83. The predicted molar refractivity (Wildman–Crippen MR) is 88.9 cm³/mol. The molecule has 1 aromatic carbocycles. The lowest BCUT2D eigenvalue weighted by atomic mass is 10.3. The van der Waals surface area contributed by atoms with Crippen LogP contribution in [0.2, 0.25) is 0 Å². The Balaban J connectivity index is 1.60. The van der Waals surface area contributed by atoms with E-state index < -0.39 is 0 Å². The molecule has 2 aromatic rings. The van der Waals surface area contributed by atoms with Crippen molar-refractivity contribution in [3.05, 3.63) is 54.2 Å². The lowest BCUT2D eigenvalue weighted by Gasteiger charge is -2.11. The Morgan fingerprint density at radius 1 is 1.18 bits per heavy atom. The second kappa shape index (κ2) is 9.15. The van der Waals surface area contributed by atoms with E-state index in [9.17, 15) is 4.39 Å². The van der Waals surface area contributed by atoms with Crippen molar-refractivity contribution in [3.63, 3.8) is 0 Å². The van der Waals surface area contributed by atoms with Crippen molar-refractivity contribution in [1.82, 2.24) is 10.6 Å². The summed E-state index contributed by atoms with van der Waals surface area (Å²) in [5.74, 6) is 2.40. The molecule has 0 aliphatic rings. The molecule has 2 N–H and O–H groups in total. The van der Waals surface area contributed by atoms with Crippen LogP contribution in [0.25, 0.3) is 0 Å². The van der Waals surface area contributed by atoms with Crippen molar-refractivity contribution in [2.24, 2.45) is 4.99 Å². The predicted octanol–water partition coefficient (Wildman–Crippen LogP) is 2.92. The van der Waals surface area contributed by atoms with Gasteiger partial charge in [0.2, 0.25) is 0 Å². The largest absolute Gasteiger partial charge is 0.469 e. The molecule has 6 heteroatoms. The maximum Gasteiger partial charge on any atom is 0.191 e. The standard InChI is InChI=1S/C16H20FN3OS/c1-18-16(19-9-8-14-3-2-11-21-14)20-10-12-22-15-6-4-13(17)5-7-15/h2-7,11H,8-10,12H2,1H3,(H2,18,19,20). The molecule has 118 valence electrons. The van der Waals surface area contributed by atoms with Gasteiger partial charge in [0.15, 0.2) is 5.96 Å². The molecule has 22 heavy (non-hydrogen) atoms.